The van der Waals surface area contributed by atoms with Gasteiger partial charge in [0.05, 0.1) is 0 Å². The van der Waals surface area contributed by atoms with Crippen LogP contribution < -0.4 is 10.6 Å². The van der Waals surface area contributed by atoms with Crippen molar-refractivity contribution in [2.45, 2.75) is 58.9 Å². The van der Waals surface area contributed by atoms with Crippen LogP contribution >= 0.6 is 0 Å². The summed E-state index contributed by atoms with van der Waals surface area (Å²) >= 11 is 0. The largest absolute Gasteiger partial charge is 0.381 e. The number of likely N-dealkylation sites (tertiary alicyclic amines) is 1. The van der Waals surface area contributed by atoms with E-state index < -0.39 is 0 Å². The van der Waals surface area contributed by atoms with Crippen LogP contribution in [0.2, 0.25) is 0 Å². The summed E-state index contributed by atoms with van der Waals surface area (Å²) in [5.41, 5.74) is 0. The second-order valence-electron chi connectivity index (χ2n) is 8.23. The maximum absolute atomic E-state index is 5.84. The van der Waals surface area contributed by atoms with Gasteiger partial charge in [-0.15, -0.1) is 0 Å². The molecular formula is C21H42N4O2. The molecular weight excluding hydrogens is 340 g/mol. The number of nitrogens with one attached hydrogen (secondary N) is 2. The van der Waals surface area contributed by atoms with Crippen LogP contribution in [-0.2, 0) is 9.47 Å². The molecule has 0 aromatic heterocycles. The third kappa shape index (κ3) is 9.26. The first kappa shape index (κ1) is 22.4. The molecule has 158 valence electrons. The quantitative estimate of drug-likeness (QED) is 0.345. The molecule has 2 aliphatic rings. The monoisotopic (exact) mass is 382 g/mol. The molecule has 0 spiro atoms. The molecule has 0 aliphatic carbocycles. The summed E-state index contributed by atoms with van der Waals surface area (Å²) < 4.78 is 11.2. The molecule has 2 aliphatic heterocycles. The van der Waals surface area contributed by atoms with Crippen molar-refractivity contribution in [3.8, 4) is 0 Å². The van der Waals surface area contributed by atoms with Crippen LogP contribution in [0.25, 0.3) is 0 Å². The lowest BCUT2D eigenvalue weighted by Crippen LogP contribution is -2.42. The normalized spacial score (nSPS) is 23.0. The number of hydrogen-bond donors (Lipinski definition) is 2. The smallest absolute Gasteiger partial charge is 0.191 e. The van der Waals surface area contributed by atoms with Crippen LogP contribution in [-0.4, -0.2) is 76.1 Å². The topological polar surface area (TPSA) is 58.1 Å². The highest BCUT2D eigenvalue weighted by Crippen LogP contribution is 2.18. The minimum atomic E-state index is 0.643. The van der Waals surface area contributed by atoms with Crippen molar-refractivity contribution in [1.82, 2.24) is 15.5 Å². The van der Waals surface area contributed by atoms with E-state index in [1.165, 1.54) is 25.9 Å². The molecule has 0 aromatic rings. The first-order chi connectivity index (χ1) is 13.2. The Morgan fingerprint density at radius 2 is 2.00 bits per heavy atom. The minimum absolute atomic E-state index is 0.643. The third-order valence-corrected chi connectivity index (χ3v) is 5.58. The summed E-state index contributed by atoms with van der Waals surface area (Å²) in [6.45, 7) is 15.3. The van der Waals surface area contributed by atoms with Gasteiger partial charge in [0.15, 0.2) is 5.96 Å². The van der Waals surface area contributed by atoms with Gasteiger partial charge in [-0.25, -0.2) is 0 Å². The van der Waals surface area contributed by atoms with Crippen molar-refractivity contribution < 1.29 is 9.47 Å². The van der Waals surface area contributed by atoms with E-state index >= 15 is 0 Å². The van der Waals surface area contributed by atoms with Crippen molar-refractivity contribution in [1.29, 1.82) is 0 Å². The van der Waals surface area contributed by atoms with Crippen LogP contribution in [0.15, 0.2) is 4.99 Å². The van der Waals surface area contributed by atoms with E-state index in [2.05, 4.69) is 36.3 Å². The van der Waals surface area contributed by atoms with Gasteiger partial charge in [0.1, 0.15) is 0 Å². The Morgan fingerprint density at radius 3 is 2.74 bits per heavy atom. The highest BCUT2D eigenvalue weighted by atomic mass is 16.5. The van der Waals surface area contributed by atoms with Gasteiger partial charge in [0.2, 0.25) is 0 Å². The van der Waals surface area contributed by atoms with Gasteiger partial charge < -0.3 is 25.0 Å². The average molecular weight is 383 g/mol. The Kier molecular flexibility index (Phi) is 11.1. The van der Waals surface area contributed by atoms with Gasteiger partial charge in [0.25, 0.3) is 0 Å². The molecule has 1 atom stereocenters. The number of aliphatic imine (C=N–C) groups is 1. The molecule has 0 saturated carbocycles. The predicted molar refractivity (Wildman–Crippen MR) is 112 cm³/mol. The second-order valence-corrected chi connectivity index (χ2v) is 8.23. The van der Waals surface area contributed by atoms with Crippen molar-refractivity contribution in [2.75, 3.05) is 59.2 Å². The Labute approximate surface area is 166 Å². The Hall–Kier alpha value is -0.850. The SMILES string of the molecule is CCNC(=NCC1CCCN(C(C)C)C1)NCCCOCC1CCOCC1. The van der Waals surface area contributed by atoms with Gasteiger partial charge in [-0.2, -0.15) is 0 Å². The van der Waals surface area contributed by atoms with Gasteiger partial charge >= 0.3 is 0 Å². The Balaban J connectivity index is 1.60. The maximum atomic E-state index is 5.84. The fourth-order valence-electron chi connectivity index (χ4n) is 3.82. The van der Waals surface area contributed by atoms with Gasteiger partial charge in [-0.05, 0) is 71.3 Å². The lowest BCUT2D eigenvalue weighted by molar-refractivity contribution is 0.0203. The van der Waals surface area contributed by atoms with Gasteiger partial charge in [0, 0.05) is 58.6 Å². The molecule has 2 N–H and O–H groups in total. The summed E-state index contributed by atoms with van der Waals surface area (Å²) in [4.78, 5) is 7.42. The fraction of sp³-hybridized carbons (Fsp3) is 0.952. The molecule has 6 nitrogen and oxygen atoms in total. The molecule has 2 saturated heterocycles. The molecule has 1 unspecified atom stereocenters. The summed E-state index contributed by atoms with van der Waals surface area (Å²) in [5, 5.41) is 6.83. The summed E-state index contributed by atoms with van der Waals surface area (Å²) in [5.74, 6) is 2.31. The number of nitrogens with zero attached hydrogens (tertiary/aromatic N) is 2. The standard InChI is InChI=1S/C21H42N4O2/c1-4-22-21(24-15-20-7-5-11-25(16-20)18(2)3)23-10-6-12-27-17-19-8-13-26-14-9-19/h18-20H,4-17H2,1-3H3,(H2,22,23,24). The zero-order chi connectivity index (χ0) is 19.3. The average Bonchev–Trinajstić information content (AvgIpc) is 2.69. The van der Waals surface area contributed by atoms with Crippen LogP contribution in [0.5, 0.6) is 0 Å². The van der Waals surface area contributed by atoms with Gasteiger partial charge in [-0.1, -0.05) is 0 Å². The van der Waals surface area contributed by atoms with Crippen molar-refractivity contribution in [3.63, 3.8) is 0 Å². The minimum Gasteiger partial charge on any atom is -0.381 e. The number of guanidine groups is 1. The van der Waals surface area contributed by atoms with E-state index in [9.17, 15) is 0 Å². The summed E-state index contributed by atoms with van der Waals surface area (Å²) in [6, 6.07) is 0.643. The molecule has 6 heteroatoms. The molecule has 2 rings (SSSR count). The molecule has 0 bridgehead atoms. The fourth-order valence-corrected chi connectivity index (χ4v) is 3.82. The first-order valence-corrected chi connectivity index (χ1v) is 11.1. The van der Waals surface area contributed by atoms with E-state index in [1.807, 2.05) is 0 Å². The lowest BCUT2D eigenvalue weighted by Gasteiger charge is -2.34. The van der Waals surface area contributed by atoms with E-state index in [1.54, 1.807) is 0 Å². The zero-order valence-corrected chi connectivity index (χ0v) is 17.8. The molecule has 2 heterocycles. The van der Waals surface area contributed by atoms with E-state index in [0.29, 0.717) is 17.9 Å². The number of hydrogen-bond acceptors (Lipinski definition) is 4. The summed E-state index contributed by atoms with van der Waals surface area (Å²) in [7, 11) is 0. The first-order valence-electron chi connectivity index (χ1n) is 11.1. The highest BCUT2D eigenvalue weighted by molar-refractivity contribution is 5.79. The van der Waals surface area contributed by atoms with Crippen molar-refractivity contribution in [3.05, 3.63) is 0 Å². The van der Waals surface area contributed by atoms with E-state index in [-0.39, 0.29) is 0 Å². The molecule has 0 amide bonds. The van der Waals surface area contributed by atoms with Crippen LogP contribution in [0.4, 0.5) is 0 Å². The second kappa shape index (κ2) is 13.3. The Bertz CT molecular complexity index is 411. The third-order valence-electron chi connectivity index (χ3n) is 5.58. The number of piperidine rings is 1. The predicted octanol–water partition coefficient (Wildman–Crippen LogP) is 2.50. The van der Waals surface area contributed by atoms with Crippen LogP contribution in [0.1, 0.15) is 52.9 Å². The number of ether oxygens (including phenoxy) is 2. The molecule has 27 heavy (non-hydrogen) atoms. The highest BCUT2D eigenvalue weighted by Gasteiger charge is 2.21. The molecule has 2 fully saturated rings. The lowest BCUT2D eigenvalue weighted by atomic mass is 9.97. The van der Waals surface area contributed by atoms with E-state index in [0.717, 1.165) is 71.3 Å². The van der Waals surface area contributed by atoms with Crippen molar-refractivity contribution >= 4 is 5.96 Å². The van der Waals surface area contributed by atoms with Crippen LogP contribution in [0.3, 0.4) is 0 Å². The summed E-state index contributed by atoms with van der Waals surface area (Å²) in [6.07, 6.45) is 5.90. The molecule has 0 aromatic carbocycles. The zero-order valence-electron chi connectivity index (χ0n) is 17.8. The van der Waals surface area contributed by atoms with Crippen molar-refractivity contribution in [2.24, 2.45) is 16.8 Å². The van der Waals surface area contributed by atoms with Gasteiger partial charge in [-0.3, -0.25) is 4.99 Å². The number of rotatable bonds is 10. The Morgan fingerprint density at radius 1 is 1.19 bits per heavy atom. The van der Waals surface area contributed by atoms with E-state index in [4.69, 9.17) is 14.5 Å². The molecule has 0 radical (unpaired) electrons. The van der Waals surface area contributed by atoms with Crippen LogP contribution in [0, 0.1) is 11.8 Å². The maximum Gasteiger partial charge on any atom is 0.191 e.